The van der Waals surface area contributed by atoms with Crippen LogP contribution in [0.5, 0.6) is 0 Å². The molecule has 24 heavy (non-hydrogen) atoms. The van der Waals surface area contributed by atoms with Crippen LogP contribution in [0.15, 0.2) is 0 Å². The Morgan fingerprint density at radius 2 is 0.708 bits per heavy atom. The maximum absolute atomic E-state index is 7.67. The largest absolute Gasteiger partial charge is 0.448 e. The maximum atomic E-state index is 7.67. The summed E-state index contributed by atoms with van der Waals surface area (Å²) in [5.41, 5.74) is 5.21. The van der Waals surface area contributed by atoms with E-state index in [9.17, 15) is 0 Å². The summed E-state index contributed by atoms with van der Waals surface area (Å²) < 4.78 is 7.67. The molecule has 1 nitrogen and oxygen atoms in total. The summed E-state index contributed by atoms with van der Waals surface area (Å²) in [7, 11) is -4.39. The summed E-state index contributed by atoms with van der Waals surface area (Å²) in [5, 5.41) is 0. The molecule has 2 fully saturated rings. The molecule has 0 aliphatic carbocycles. The lowest BCUT2D eigenvalue weighted by atomic mass is 10.5. The van der Waals surface area contributed by atoms with E-state index in [2.05, 4.69) is 83.1 Å². The molecule has 0 bridgehead atoms. The van der Waals surface area contributed by atoms with E-state index >= 15 is 0 Å². The normalized spacial score (nSPS) is 30.2. The quantitative estimate of drug-likeness (QED) is 0.308. The van der Waals surface area contributed by atoms with Crippen LogP contribution in [0.3, 0.4) is 0 Å². The van der Waals surface area contributed by atoms with Crippen molar-refractivity contribution in [2.45, 2.75) is 116 Å². The molecule has 0 aromatic rings. The second-order valence-corrected chi connectivity index (χ2v) is 48.2. The molecule has 6 heteroatoms. The van der Waals surface area contributed by atoms with Crippen LogP contribution in [0.25, 0.3) is 0 Å². The van der Waals surface area contributed by atoms with Crippen LogP contribution in [0.2, 0.25) is 33.2 Å². The summed E-state index contributed by atoms with van der Waals surface area (Å²) in [6.45, 7) is 31.2. The third-order valence-corrected chi connectivity index (χ3v) is 86.0. The summed E-state index contributed by atoms with van der Waals surface area (Å²) in [5.74, 6) is 0. The number of fused-ring (bicyclic) bond motifs is 1. The van der Waals surface area contributed by atoms with Crippen LogP contribution < -0.4 is 0 Å². The Kier molecular flexibility index (Phi) is 6.18. The van der Waals surface area contributed by atoms with Gasteiger partial charge in [-0.05, 0) is 33.2 Å². The van der Waals surface area contributed by atoms with Gasteiger partial charge in [-0.2, -0.15) is 0 Å². The van der Waals surface area contributed by atoms with E-state index in [0.29, 0.717) is 0 Å². The highest BCUT2D eigenvalue weighted by Gasteiger charge is 2.88. The van der Waals surface area contributed by atoms with Gasteiger partial charge >= 0.3 is 0 Å². The van der Waals surface area contributed by atoms with E-state index in [-0.39, 0.29) is 13.4 Å². The van der Waals surface area contributed by atoms with E-state index in [0.717, 1.165) is 33.2 Å². The Hall–Kier alpha value is 1.47. The van der Waals surface area contributed by atoms with Crippen molar-refractivity contribution >= 4 is 36.8 Å². The first-order valence-electron chi connectivity index (χ1n) is 10.2. The summed E-state index contributed by atoms with van der Waals surface area (Å²) in [6.07, 6.45) is 0. The Morgan fingerprint density at radius 3 is 0.875 bits per heavy atom. The van der Waals surface area contributed by atoms with E-state index in [1.165, 1.54) is 0 Å². The Balaban J connectivity index is 2.74. The smallest absolute Gasteiger partial charge is 0.212 e. The summed E-state index contributed by atoms with van der Waals surface area (Å²) in [4.78, 5) is 0. The first kappa shape index (κ1) is 21.8. The van der Waals surface area contributed by atoms with Crippen LogP contribution in [0.4, 0.5) is 0 Å². The fourth-order valence-corrected chi connectivity index (χ4v) is 156. The van der Waals surface area contributed by atoms with E-state index < -0.39 is 23.4 Å². The van der Waals surface area contributed by atoms with Gasteiger partial charge in [-0.15, -0.1) is 0 Å². The highest BCUT2D eigenvalue weighted by molar-refractivity contribution is 8.99. The molecule has 0 radical (unpaired) electrons. The molecule has 0 spiro atoms. The van der Waals surface area contributed by atoms with Gasteiger partial charge in [-0.3, -0.25) is 0 Å². The number of hydrogen-bond acceptors (Lipinski definition) is 1. The third-order valence-electron chi connectivity index (χ3n) is 6.84. The maximum Gasteiger partial charge on any atom is 0.212 e. The SMILES string of the molecule is CC(C)[Si]1(C(C)C)O[Si](C(C)C)(C(C)C)P2P1[Si]2(C(C)C)C(C)C. The predicted octanol–water partition coefficient (Wildman–Crippen LogP) is 8.70. The van der Waals surface area contributed by atoms with Crippen molar-refractivity contribution in [3.63, 3.8) is 0 Å². The Morgan fingerprint density at radius 1 is 0.458 bits per heavy atom. The molecule has 2 aliphatic rings. The zero-order chi connectivity index (χ0) is 18.8. The molecule has 0 N–H and O–H groups in total. The molecule has 2 atom stereocenters. The lowest BCUT2D eigenvalue weighted by Crippen LogP contribution is -2.55. The van der Waals surface area contributed by atoms with Crippen molar-refractivity contribution < 1.29 is 4.12 Å². The van der Waals surface area contributed by atoms with Gasteiger partial charge in [0, 0.05) is 0 Å². The zero-order valence-corrected chi connectivity index (χ0v) is 23.1. The van der Waals surface area contributed by atoms with Crippen molar-refractivity contribution in [2.24, 2.45) is 0 Å². The van der Waals surface area contributed by atoms with Gasteiger partial charge in [0.05, 0.1) is 0 Å². The summed E-state index contributed by atoms with van der Waals surface area (Å²) >= 11 is 0. The molecule has 0 saturated carbocycles. The van der Waals surface area contributed by atoms with Crippen molar-refractivity contribution in [1.29, 1.82) is 0 Å². The first-order chi connectivity index (χ1) is 10.9. The van der Waals surface area contributed by atoms with Gasteiger partial charge in [0.25, 0.3) is 0 Å². The van der Waals surface area contributed by atoms with Crippen LogP contribution in [0.1, 0.15) is 83.1 Å². The van der Waals surface area contributed by atoms with Gasteiger partial charge < -0.3 is 4.12 Å². The minimum absolute atomic E-state index is 0.278. The fourth-order valence-electron chi connectivity index (χ4n) is 5.89. The van der Waals surface area contributed by atoms with E-state index in [4.69, 9.17) is 4.12 Å². The minimum Gasteiger partial charge on any atom is -0.448 e. The van der Waals surface area contributed by atoms with E-state index in [1.54, 1.807) is 0 Å². The molecule has 142 valence electrons. The molecule has 2 unspecified atom stereocenters. The van der Waals surface area contributed by atoms with Gasteiger partial charge in [-0.1, -0.05) is 96.5 Å². The van der Waals surface area contributed by atoms with Gasteiger partial charge in [0.15, 0.2) is 0 Å². The zero-order valence-electron chi connectivity index (χ0n) is 18.3. The van der Waals surface area contributed by atoms with Crippen LogP contribution in [-0.2, 0) is 4.12 Å². The van der Waals surface area contributed by atoms with Crippen molar-refractivity contribution in [2.75, 3.05) is 0 Å². The van der Waals surface area contributed by atoms with Crippen LogP contribution in [0, 0.1) is 0 Å². The van der Waals surface area contributed by atoms with Crippen LogP contribution in [-0.4, -0.2) is 23.4 Å². The standard InChI is InChI=1S/C18H42OP2Si3/c1-13(2)22(14(3)4)19-23(15(5)6,16(7)8)21-20(22)24(21,17(9)10)18(11)12/h13-18H,1-12H3. The fraction of sp³-hybridized carbons (Fsp3) is 1.00. The molecular formula is C18H42OP2Si3. The second-order valence-electron chi connectivity index (χ2n) is 9.94. The highest BCUT2D eigenvalue weighted by Crippen LogP contribution is 3.14. The van der Waals surface area contributed by atoms with Gasteiger partial charge in [0.1, 0.15) is 7.41 Å². The van der Waals surface area contributed by atoms with Gasteiger partial charge in [-0.25, -0.2) is 0 Å². The average Bonchev–Trinajstić information content (AvgIpc) is 3.00. The average molecular weight is 421 g/mol. The molecule has 0 amide bonds. The van der Waals surface area contributed by atoms with Crippen molar-refractivity contribution in [3.05, 3.63) is 0 Å². The van der Waals surface area contributed by atoms with Crippen molar-refractivity contribution in [1.82, 2.24) is 0 Å². The Bertz CT molecular complexity index is 419. The monoisotopic (exact) mass is 420 g/mol. The highest BCUT2D eigenvalue weighted by atomic mass is 32.7. The lowest BCUT2D eigenvalue weighted by Gasteiger charge is -2.49. The predicted molar refractivity (Wildman–Crippen MR) is 123 cm³/mol. The number of rotatable bonds is 6. The molecule has 2 saturated heterocycles. The molecular weight excluding hydrogens is 378 g/mol. The lowest BCUT2D eigenvalue weighted by molar-refractivity contribution is 0.502. The Labute approximate surface area is 157 Å². The first-order valence-corrected chi connectivity index (χ1v) is 23.2. The minimum atomic E-state index is -1.62. The topological polar surface area (TPSA) is 9.23 Å². The summed E-state index contributed by atoms with van der Waals surface area (Å²) in [6, 6.07) is 0. The van der Waals surface area contributed by atoms with Gasteiger partial charge in [0.2, 0.25) is 16.0 Å². The molecule has 0 aromatic heterocycles. The van der Waals surface area contributed by atoms with Crippen molar-refractivity contribution in [3.8, 4) is 0 Å². The van der Waals surface area contributed by atoms with E-state index in [1.807, 2.05) is 0 Å². The van der Waals surface area contributed by atoms with Crippen LogP contribution >= 0.6 is 13.4 Å². The second kappa shape index (κ2) is 6.82. The molecule has 2 aliphatic heterocycles. The molecule has 0 aromatic carbocycles. The molecule has 2 rings (SSSR count). The number of hydrogen-bond donors (Lipinski definition) is 0. The molecule has 2 heterocycles. The third kappa shape index (κ3) is 2.46.